The summed E-state index contributed by atoms with van der Waals surface area (Å²) in [5.74, 6) is -19.0. The van der Waals surface area contributed by atoms with E-state index >= 15 is 0 Å². The molecule has 1 aromatic rings. The smallest absolute Gasteiger partial charge is 0.313 e. The van der Waals surface area contributed by atoms with Gasteiger partial charge in [0.1, 0.15) is 70.5 Å². The third kappa shape index (κ3) is 23.1. The summed E-state index contributed by atoms with van der Waals surface area (Å²) in [7, 11) is 20.2. The molecule has 39 nitrogen and oxygen atoms in total. The fourth-order valence-corrected chi connectivity index (χ4v) is 22.8. The third-order valence-corrected chi connectivity index (χ3v) is 31.8. The van der Waals surface area contributed by atoms with Crippen molar-refractivity contribution in [2.24, 2.45) is 64.9 Å². The maximum Gasteiger partial charge on any atom is 0.313 e. The van der Waals surface area contributed by atoms with Gasteiger partial charge in [-0.15, -0.1) is 0 Å². The number of methoxy groups -OCH3 is 4. The van der Waals surface area contributed by atoms with Crippen LogP contribution in [0.4, 0.5) is 5.69 Å². The molecular formula is C99H165N5O34. The molecule has 0 bridgehead atoms. The molecule has 9 aliphatic rings. The molecule has 0 radical (unpaired) electrons. The number of nitrogens with two attached hydrogens (primary N) is 1. The van der Waals surface area contributed by atoms with Crippen LogP contribution in [0.25, 0.3) is 5.76 Å². The van der Waals surface area contributed by atoms with E-state index in [1.165, 1.54) is 60.2 Å². The number of aliphatic hydroxyl groups excluding tert-OH is 8. The average molecular weight is 1970 g/mol. The third-order valence-electron chi connectivity index (χ3n) is 31.8. The number of primary amides is 1. The fourth-order valence-electron chi connectivity index (χ4n) is 22.8. The Bertz CT molecular complexity index is 4460. The van der Waals surface area contributed by atoms with Gasteiger partial charge in [0.15, 0.2) is 42.1 Å². The zero-order valence-corrected chi connectivity index (χ0v) is 87.0. The number of amides is 1. The van der Waals surface area contributed by atoms with Crippen molar-refractivity contribution in [3.05, 3.63) is 40.2 Å². The van der Waals surface area contributed by atoms with Crippen molar-refractivity contribution in [1.82, 2.24) is 14.7 Å². The van der Waals surface area contributed by atoms with Crippen molar-refractivity contribution in [3.63, 3.8) is 0 Å². The number of Topliss-reactive ketones (excluding diaryl/α,β-unsaturated/α-hetero) is 4. The van der Waals surface area contributed by atoms with E-state index in [4.69, 9.17) is 72.0 Å². The van der Waals surface area contributed by atoms with Crippen molar-refractivity contribution in [2.75, 3.05) is 89.7 Å². The van der Waals surface area contributed by atoms with Crippen LogP contribution in [0.2, 0.25) is 0 Å². The number of rotatable bonds is 19. The molecule has 15 N–H and O–H groups in total. The molecule has 39 heteroatoms. The Morgan fingerprint density at radius 3 is 1.33 bits per heavy atom. The Labute approximate surface area is 812 Å². The number of nitrogens with zero attached hydrogens (tertiary/aromatic N) is 4. The van der Waals surface area contributed by atoms with Crippen LogP contribution >= 0.6 is 0 Å². The highest BCUT2D eigenvalue weighted by Crippen LogP contribution is 2.55. The highest BCUT2D eigenvalue weighted by molar-refractivity contribution is 6.24. The lowest BCUT2D eigenvalue weighted by Crippen LogP contribution is -2.65. The first-order valence-corrected chi connectivity index (χ1v) is 48.4. The summed E-state index contributed by atoms with van der Waals surface area (Å²) < 4.78 is 87.3. The molecule has 1 aromatic carbocycles. The molecule has 790 valence electrons. The molecule has 6 saturated heterocycles. The lowest BCUT2D eigenvalue weighted by atomic mass is 9.57. The van der Waals surface area contributed by atoms with Gasteiger partial charge in [-0.05, 0) is 194 Å². The van der Waals surface area contributed by atoms with Crippen molar-refractivity contribution >= 4 is 52.4 Å². The predicted molar refractivity (Wildman–Crippen MR) is 502 cm³/mol. The molecule has 6 heterocycles. The molecule has 1 saturated carbocycles. The average Bonchev–Trinajstić information content (AvgIpc) is 0.695. The molecule has 10 rings (SSSR count). The monoisotopic (exact) mass is 1970 g/mol. The minimum absolute atomic E-state index is 0.0422. The normalized spacial score (nSPS) is 44.5. The first kappa shape index (κ1) is 117. The van der Waals surface area contributed by atoms with Gasteiger partial charge in [0.2, 0.25) is 11.6 Å². The lowest BCUT2D eigenvalue weighted by molar-refractivity contribution is -0.325. The summed E-state index contributed by atoms with van der Waals surface area (Å²) in [4.78, 5) is 102. The summed E-state index contributed by atoms with van der Waals surface area (Å²) >= 11 is 0. The largest absolute Gasteiger partial charge is 0.508 e. The number of cyclic esters (lactones) is 2. The van der Waals surface area contributed by atoms with Gasteiger partial charge < -0.3 is 153 Å². The van der Waals surface area contributed by atoms with E-state index in [9.17, 15) is 99.9 Å². The Hall–Kier alpha value is -6.01. The van der Waals surface area contributed by atoms with Crippen LogP contribution < -0.4 is 10.6 Å². The van der Waals surface area contributed by atoms with Crippen LogP contribution in [0, 0.1) is 59.2 Å². The number of anilines is 1. The Morgan fingerprint density at radius 1 is 0.522 bits per heavy atom. The van der Waals surface area contributed by atoms with Crippen LogP contribution in [-0.4, -0.2) is 387 Å². The molecule has 3 aliphatic carbocycles. The number of ketones is 4. The second kappa shape index (κ2) is 45.3. The number of hydrogen-bond acceptors (Lipinski definition) is 38. The zero-order chi connectivity index (χ0) is 105. The van der Waals surface area contributed by atoms with E-state index in [0.29, 0.717) is 18.4 Å². The highest BCUT2D eigenvalue weighted by atomic mass is 16.7. The van der Waals surface area contributed by atoms with E-state index in [1.807, 2.05) is 77.8 Å². The summed E-state index contributed by atoms with van der Waals surface area (Å²) in [6.07, 6.45) is -17.4. The fraction of sp³-hybridized carbons (Fsp3) is 0.828. The van der Waals surface area contributed by atoms with Gasteiger partial charge in [-0.3, -0.25) is 38.5 Å². The van der Waals surface area contributed by atoms with E-state index in [0.717, 1.165) is 12.6 Å². The summed E-state index contributed by atoms with van der Waals surface area (Å²) in [5.41, 5.74) is -5.95. The number of fused-ring (bicyclic) bond motifs is 3. The number of phenols is 1. The number of carbonyl (C=O) groups is 7. The molecule has 0 spiro atoms. The number of carbonyl (C=O) groups excluding carboxylic acids is 7. The molecule has 16 unspecified atom stereocenters. The Morgan fingerprint density at radius 2 is 0.942 bits per heavy atom. The van der Waals surface area contributed by atoms with Crippen molar-refractivity contribution in [2.45, 2.75) is 383 Å². The first-order valence-electron chi connectivity index (χ1n) is 48.4. The molecule has 138 heavy (non-hydrogen) atoms. The topological polar surface area (TPSA) is 551 Å². The van der Waals surface area contributed by atoms with E-state index in [-0.39, 0.29) is 98.3 Å². The Balaban J connectivity index is 0.000000261. The van der Waals surface area contributed by atoms with Gasteiger partial charge in [-0.2, -0.15) is 0 Å². The molecule has 1 amide bonds. The number of esters is 2. The SMILES string of the molecule is CC[C@@]1(O)OC(=O)[C@H](C)[C@@H](OC2CC(C)(OC)C(O)C(C)O2)[C@H](C)[C@@H](OC2OC(C)CC(N(C)C)C2O)[C@](C)(OC)C[C@@H](C)C(=O)[C@H](C)[C@@H](O)[C@]1(C)O.CC[C@H]1OC(=O)[C@H](C)[C@@H](OC2CC(C)(OC)C(O)C(C)O2)[C@H](C)[C@@H](OC2OC(C)CC(N(C)C)C2O)[C@](C)(OC)C[C@@H](C)C(=O)[C@H](C)[C@@H](O)[C@]1(C)O.CN(C)c1ccc(O)c2c1C[C@H]1C[C@H]3[C@H](N(C)C)C(=O)C(C(N)=O)=C(O)[C@@]3(O)C(=O)C1=C2O. The number of ether oxygens (including phenoxy) is 14. The molecule has 0 aromatic heterocycles. The highest BCUT2D eigenvalue weighted by Gasteiger charge is 2.66. The number of aliphatic hydroxyl groups is 12. The van der Waals surface area contributed by atoms with Gasteiger partial charge in [-0.25, -0.2) is 0 Å². The minimum Gasteiger partial charge on any atom is -0.508 e. The number of hydrogen-bond donors (Lipinski definition) is 14. The number of benzene rings is 1. The van der Waals surface area contributed by atoms with Crippen molar-refractivity contribution in [3.8, 4) is 5.75 Å². The second-order valence-electron chi connectivity index (χ2n) is 42.7. The molecule has 7 fully saturated rings. The van der Waals surface area contributed by atoms with Gasteiger partial charge >= 0.3 is 11.9 Å². The summed E-state index contributed by atoms with van der Waals surface area (Å²) in [5, 5.41) is 147. The maximum absolute atomic E-state index is 14.2. The first-order chi connectivity index (χ1) is 63.7. The van der Waals surface area contributed by atoms with Gasteiger partial charge in [0, 0.05) is 127 Å². The van der Waals surface area contributed by atoms with Gasteiger partial charge in [-0.1, -0.05) is 55.4 Å². The molecular weight excluding hydrogens is 1800 g/mol. The van der Waals surface area contributed by atoms with Crippen LogP contribution in [-0.2, 0) is 106 Å². The number of phenolic OH excluding ortho intramolecular Hbond substituents is 1. The van der Waals surface area contributed by atoms with Gasteiger partial charge in [0.05, 0.1) is 107 Å². The van der Waals surface area contributed by atoms with Crippen molar-refractivity contribution in [1.29, 1.82) is 0 Å². The molecule has 40 atom stereocenters. The van der Waals surface area contributed by atoms with Crippen LogP contribution in [0.15, 0.2) is 29.0 Å². The van der Waals surface area contributed by atoms with Gasteiger partial charge in [0.25, 0.3) is 5.91 Å². The number of aromatic hydroxyl groups is 1. The lowest BCUT2D eigenvalue weighted by Gasteiger charge is -2.50. The quantitative estimate of drug-likeness (QED) is 0.0680. The standard InChI is InChI=1S/C38H69NO14.C38H69NO13.C23H27N3O7/c1-15-38(46)37(10,45)30(42)21(4)27(40)19(2)17-36(9,48-14)32(52-34-28(41)25(39(11)12)16-20(3)49-34)22(5)29(23(6)33(44)53-38)51-26-18-35(8,47-13)31(43)24(7)50-26;1-15-26-38(10,45)31(42)21(4)28(40)19(2)17-37(9,47-14)33(52-35-29(41)25(39(11)12)16-20(3)48-35)22(5)30(23(6)34(44)50-26)51-27-18-36(8,46-13)32(43)24(7)49-27;1-25(2)12-5-6-13(27)15-10(12)7-9-8-11-17(26(3)4)19(29)16(22(24)32)21(31)23(11,33)20(30)14(9)18(15)28/h19-26,28-32,34,41-43,45-46H,15-18H2,1-14H3;19-27,29-33,35,41-43,45H,15-18H2,1-14H3;5-6,9,11,17,27-28,31,33H,7-8H2,1-4H3,(H2,24,32)/t19-,20?,21+,22+,23-,24?,25?,26?,28?,29+,30-,31?,32-,34?,35?,36-,37+,38-;19-,20?,21+,22+,23-,24?,25?,26-,27?,29?,30+,31-,32?,33-,35?,36?,37-,38-;9-,11-,17-,23-/m110/s1. The molecule has 6 aliphatic heterocycles. The summed E-state index contributed by atoms with van der Waals surface area (Å²) in [6, 6.07) is 1.41. The van der Waals surface area contributed by atoms with Crippen molar-refractivity contribution < 1.29 is 166 Å². The zero-order valence-electron chi connectivity index (χ0n) is 87.0. The maximum atomic E-state index is 14.2. The van der Waals surface area contributed by atoms with Crippen LogP contribution in [0.1, 0.15) is 207 Å². The van der Waals surface area contributed by atoms with E-state index in [2.05, 4.69) is 0 Å². The van der Waals surface area contributed by atoms with Crippen LogP contribution in [0.5, 0.6) is 5.75 Å². The van der Waals surface area contributed by atoms with E-state index in [1.54, 1.807) is 110 Å². The van der Waals surface area contributed by atoms with E-state index < -0.39 is 267 Å². The number of likely N-dealkylation sites (N-methyl/N-ethyl adjacent to an activating group) is 3. The Kier molecular flexibility index (Phi) is 38.5. The minimum atomic E-state index is -2.63. The second-order valence-corrected chi connectivity index (χ2v) is 42.7. The predicted octanol–water partition coefficient (Wildman–Crippen LogP) is 4.23. The van der Waals surface area contributed by atoms with Crippen LogP contribution in [0.3, 0.4) is 0 Å². The summed E-state index contributed by atoms with van der Waals surface area (Å²) in [6.45, 7) is 33.2.